The van der Waals surface area contributed by atoms with Gasteiger partial charge in [0.1, 0.15) is 5.75 Å². The van der Waals surface area contributed by atoms with E-state index in [0.29, 0.717) is 6.54 Å². The van der Waals surface area contributed by atoms with Crippen molar-refractivity contribution < 1.29 is 4.74 Å². The van der Waals surface area contributed by atoms with Crippen LogP contribution in [0.25, 0.3) is 10.9 Å². The zero-order chi connectivity index (χ0) is 15.5. The number of halogens is 1. The molecule has 0 atom stereocenters. The Morgan fingerprint density at radius 2 is 1.82 bits per heavy atom. The fraction of sp³-hybridized carbons (Fsp3) is 0.222. The van der Waals surface area contributed by atoms with Gasteiger partial charge in [-0.1, -0.05) is 30.3 Å². The molecule has 0 amide bonds. The molecule has 22 heavy (non-hydrogen) atoms. The second kappa shape index (κ2) is 6.55. The first-order chi connectivity index (χ1) is 10.7. The summed E-state index contributed by atoms with van der Waals surface area (Å²) >= 11 is 3.76. The standard InChI is InChI=1S/C18H19BrN2O/c1-22-14-8-6-13(7-9-14)12-21-17-5-3-2-4-15(17)16(10-11-20)18(21)19/h2-9H,10-12,20H2,1H3. The second-order valence-corrected chi connectivity index (χ2v) is 6.01. The lowest BCUT2D eigenvalue weighted by Gasteiger charge is -2.09. The van der Waals surface area contributed by atoms with Crippen LogP contribution in [0.5, 0.6) is 5.75 Å². The van der Waals surface area contributed by atoms with E-state index in [2.05, 4.69) is 56.9 Å². The molecule has 3 rings (SSSR count). The zero-order valence-electron chi connectivity index (χ0n) is 12.6. The van der Waals surface area contributed by atoms with Crippen molar-refractivity contribution in [3.8, 4) is 5.75 Å². The van der Waals surface area contributed by atoms with Gasteiger partial charge in [-0.05, 0) is 58.2 Å². The number of rotatable bonds is 5. The molecule has 0 bridgehead atoms. The smallest absolute Gasteiger partial charge is 0.118 e. The summed E-state index contributed by atoms with van der Waals surface area (Å²) in [5.41, 5.74) is 9.52. The van der Waals surface area contributed by atoms with Crippen LogP contribution >= 0.6 is 15.9 Å². The Kier molecular flexibility index (Phi) is 4.50. The van der Waals surface area contributed by atoms with E-state index in [1.807, 2.05) is 12.1 Å². The molecule has 2 aromatic carbocycles. The van der Waals surface area contributed by atoms with Crippen molar-refractivity contribution >= 4 is 26.8 Å². The van der Waals surface area contributed by atoms with Gasteiger partial charge >= 0.3 is 0 Å². The molecule has 0 unspecified atom stereocenters. The first-order valence-corrected chi connectivity index (χ1v) is 8.12. The molecule has 2 N–H and O–H groups in total. The normalized spacial score (nSPS) is 11.0. The zero-order valence-corrected chi connectivity index (χ0v) is 14.1. The van der Waals surface area contributed by atoms with Crippen LogP contribution < -0.4 is 10.5 Å². The average molecular weight is 359 g/mol. The number of hydrogen-bond donors (Lipinski definition) is 1. The summed E-state index contributed by atoms with van der Waals surface area (Å²) in [6.07, 6.45) is 0.872. The lowest BCUT2D eigenvalue weighted by Crippen LogP contribution is -2.04. The molecule has 1 heterocycles. The minimum absolute atomic E-state index is 0.648. The van der Waals surface area contributed by atoms with Crippen LogP contribution in [0.15, 0.2) is 53.1 Å². The molecule has 0 fully saturated rings. The van der Waals surface area contributed by atoms with Crippen molar-refractivity contribution in [3.05, 3.63) is 64.3 Å². The monoisotopic (exact) mass is 358 g/mol. The third-order valence-electron chi connectivity index (χ3n) is 3.90. The summed E-state index contributed by atoms with van der Waals surface area (Å²) in [7, 11) is 1.68. The van der Waals surface area contributed by atoms with E-state index in [0.717, 1.165) is 23.3 Å². The second-order valence-electron chi connectivity index (χ2n) is 5.26. The summed E-state index contributed by atoms with van der Waals surface area (Å²) < 4.78 is 8.63. The van der Waals surface area contributed by atoms with Crippen molar-refractivity contribution in [3.63, 3.8) is 0 Å². The highest BCUT2D eigenvalue weighted by Crippen LogP contribution is 2.31. The SMILES string of the molecule is COc1ccc(Cn2c(Br)c(CCN)c3ccccc32)cc1. The lowest BCUT2D eigenvalue weighted by atomic mass is 10.1. The quantitative estimate of drug-likeness (QED) is 0.749. The largest absolute Gasteiger partial charge is 0.497 e. The van der Waals surface area contributed by atoms with E-state index in [1.54, 1.807) is 7.11 Å². The number of benzene rings is 2. The van der Waals surface area contributed by atoms with E-state index in [4.69, 9.17) is 10.5 Å². The van der Waals surface area contributed by atoms with E-state index in [-0.39, 0.29) is 0 Å². The van der Waals surface area contributed by atoms with Crippen molar-refractivity contribution in [1.29, 1.82) is 0 Å². The average Bonchev–Trinajstić information content (AvgIpc) is 2.82. The molecular weight excluding hydrogens is 340 g/mol. The van der Waals surface area contributed by atoms with Crippen LogP contribution in [0.2, 0.25) is 0 Å². The number of methoxy groups -OCH3 is 1. The molecule has 114 valence electrons. The van der Waals surface area contributed by atoms with Crippen molar-refractivity contribution in [2.24, 2.45) is 5.73 Å². The van der Waals surface area contributed by atoms with Gasteiger partial charge in [0.15, 0.2) is 0 Å². The molecule has 0 saturated heterocycles. The van der Waals surface area contributed by atoms with Crippen LogP contribution in [-0.2, 0) is 13.0 Å². The maximum absolute atomic E-state index is 5.77. The predicted octanol–water partition coefficient (Wildman–Crippen LogP) is 3.96. The number of ether oxygens (including phenoxy) is 1. The van der Waals surface area contributed by atoms with Crippen LogP contribution in [0, 0.1) is 0 Å². The summed E-state index contributed by atoms with van der Waals surface area (Å²) in [4.78, 5) is 0. The van der Waals surface area contributed by atoms with E-state index >= 15 is 0 Å². The van der Waals surface area contributed by atoms with Gasteiger partial charge in [-0.25, -0.2) is 0 Å². The highest BCUT2D eigenvalue weighted by atomic mass is 79.9. The number of aromatic nitrogens is 1. The fourth-order valence-corrected chi connectivity index (χ4v) is 3.52. The summed E-state index contributed by atoms with van der Waals surface area (Å²) in [5.74, 6) is 0.879. The third kappa shape index (κ3) is 2.76. The van der Waals surface area contributed by atoms with Crippen LogP contribution in [-0.4, -0.2) is 18.2 Å². The first-order valence-electron chi connectivity index (χ1n) is 7.33. The highest BCUT2D eigenvalue weighted by molar-refractivity contribution is 9.10. The molecule has 0 aliphatic heterocycles. The van der Waals surface area contributed by atoms with E-state index in [9.17, 15) is 0 Å². The summed E-state index contributed by atoms with van der Waals surface area (Å²) in [6.45, 7) is 1.46. The summed E-state index contributed by atoms with van der Waals surface area (Å²) in [6, 6.07) is 16.7. The third-order valence-corrected chi connectivity index (χ3v) is 4.81. The molecule has 3 aromatic rings. The number of para-hydroxylation sites is 1. The minimum Gasteiger partial charge on any atom is -0.497 e. The number of fused-ring (bicyclic) bond motifs is 1. The van der Waals surface area contributed by atoms with E-state index < -0.39 is 0 Å². The first kappa shape index (κ1) is 15.1. The molecule has 3 nitrogen and oxygen atoms in total. The Morgan fingerprint density at radius 1 is 1.09 bits per heavy atom. The molecular formula is C18H19BrN2O. The Balaban J connectivity index is 2.04. The fourth-order valence-electron chi connectivity index (χ4n) is 2.79. The number of nitrogens with zero attached hydrogens (tertiary/aromatic N) is 1. The molecule has 0 radical (unpaired) electrons. The predicted molar refractivity (Wildman–Crippen MR) is 94.5 cm³/mol. The van der Waals surface area contributed by atoms with Crippen molar-refractivity contribution in [1.82, 2.24) is 4.57 Å². The van der Waals surface area contributed by atoms with Crippen molar-refractivity contribution in [2.45, 2.75) is 13.0 Å². The minimum atomic E-state index is 0.648. The number of hydrogen-bond acceptors (Lipinski definition) is 2. The van der Waals surface area contributed by atoms with Gasteiger partial charge in [0.2, 0.25) is 0 Å². The Hall–Kier alpha value is -1.78. The van der Waals surface area contributed by atoms with Crippen molar-refractivity contribution in [2.75, 3.05) is 13.7 Å². The van der Waals surface area contributed by atoms with Gasteiger partial charge < -0.3 is 15.0 Å². The molecule has 1 aromatic heterocycles. The van der Waals surface area contributed by atoms with Gasteiger partial charge in [-0.15, -0.1) is 0 Å². The van der Waals surface area contributed by atoms with Gasteiger partial charge in [0.05, 0.1) is 11.7 Å². The molecule has 0 aliphatic rings. The lowest BCUT2D eigenvalue weighted by molar-refractivity contribution is 0.414. The van der Waals surface area contributed by atoms with Gasteiger partial charge in [-0.3, -0.25) is 0 Å². The Labute approximate surface area is 138 Å². The van der Waals surface area contributed by atoms with Gasteiger partial charge in [-0.2, -0.15) is 0 Å². The van der Waals surface area contributed by atoms with Gasteiger partial charge in [0, 0.05) is 17.4 Å². The van der Waals surface area contributed by atoms with Crippen LogP contribution in [0.1, 0.15) is 11.1 Å². The van der Waals surface area contributed by atoms with Gasteiger partial charge in [0.25, 0.3) is 0 Å². The molecule has 4 heteroatoms. The topological polar surface area (TPSA) is 40.2 Å². The molecule has 0 spiro atoms. The molecule has 0 saturated carbocycles. The van der Waals surface area contributed by atoms with Crippen LogP contribution in [0.4, 0.5) is 0 Å². The van der Waals surface area contributed by atoms with E-state index in [1.165, 1.54) is 22.0 Å². The Bertz CT molecular complexity index is 778. The molecule has 0 aliphatic carbocycles. The van der Waals surface area contributed by atoms with Crippen LogP contribution in [0.3, 0.4) is 0 Å². The maximum atomic E-state index is 5.77. The Morgan fingerprint density at radius 3 is 2.50 bits per heavy atom. The summed E-state index contributed by atoms with van der Waals surface area (Å²) in [5, 5.41) is 1.27. The number of nitrogens with two attached hydrogens (primary N) is 1. The highest BCUT2D eigenvalue weighted by Gasteiger charge is 2.14. The maximum Gasteiger partial charge on any atom is 0.118 e.